The lowest BCUT2D eigenvalue weighted by Crippen LogP contribution is -2.69. The van der Waals surface area contributed by atoms with Gasteiger partial charge in [0, 0.05) is 37.7 Å². The van der Waals surface area contributed by atoms with Gasteiger partial charge in [-0.15, -0.1) is 0 Å². The summed E-state index contributed by atoms with van der Waals surface area (Å²) in [6.07, 6.45) is 2.46. The van der Waals surface area contributed by atoms with Crippen LogP contribution in [0.2, 0.25) is 0 Å². The molecule has 0 aromatic rings. The van der Waals surface area contributed by atoms with Crippen LogP contribution in [-0.4, -0.2) is 77.9 Å². The van der Waals surface area contributed by atoms with Gasteiger partial charge in [-0.25, -0.2) is 4.79 Å². The topological polar surface area (TPSA) is 82.1 Å². The van der Waals surface area contributed by atoms with E-state index in [1.165, 1.54) is 0 Å². The highest BCUT2D eigenvalue weighted by molar-refractivity contribution is 5.75. The van der Waals surface area contributed by atoms with Crippen LogP contribution in [-0.2, 0) is 9.53 Å². The summed E-state index contributed by atoms with van der Waals surface area (Å²) in [5.41, 5.74) is -0.299. The van der Waals surface area contributed by atoms with Gasteiger partial charge < -0.3 is 20.1 Å². The van der Waals surface area contributed by atoms with Gasteiger partial charge in [0.15, 0.2) is 0 Å². The number of likely N-dealkylation sites (N-methyl/N-ethyl adjacent to an activating group) is 1. The highest BCUT2D eigenvalue weighted by atomic mass is 16.5. The van der Waals surface area contributed by atoms with Crippen LogP contribution in [0.1, 0.15) is 47.0 Å². The largest absolute Gasteiger partial charge is 0.480 e. The summed E-state index contributed by atoms with van der Waals surface area (Å²) in [6, 6.07) is 0.333. The second kappa shape index (κ2) is 7.50. The van der Waals surface area contributed by atoms with E-state index in [0.717, 1.165) is 25.8 Å². The fraction of sp³-hybridized carbons (Fsp3) is 0.889. The van der Waals surface area contributed by atoms with Crippen LogP contribution in [0.4, 0.5) is 4.79 Å². The minimum atomic E-state index is -0.796. The Hall–Kier alpha value is -1.34. The van der Waals surface area contributed by atoms with Crippen molar-refractivity contribution in [3.05, 3.63) is 0 Å². The number of rotatable bonds is 6. The second-order valence-corrected chi connectivity index (χ2v) is 8.04. The molecular formula is C18H33N3O4. The van der Waals surface area contributed by atoms with Crippen LogP contribution in [0, 0.1) is 5.41 Å². The van der Waals surface area contributed by atoms with Crippen molar-refractivity contribution < 1.29 is 19.4 Å². The van der Waals surface area contributed by atoms with Gasteiger partial charge in [-0.1, -0.05) is 20.8 Å². The van der Waals surface area contributed by atoms with Crippen LogP contribution in [0.15, 0.2) is 0 Å². The maximum absolute atomic E-state index is 12.6. The van der Waals surface area contributed by atoms with E-state index in [1.807, 2.05) is 16.7 Å². The number of nitrogens with one attached hydrogen (secondary N) is 1. The molecule has 0 aromatic heterocycles. The molecule has 2 rings (SSSR count). The maximum Gasteiger partial charge on any atom is 0.317 e. The molecule has 1 heterocycles. The van der Waals surface area contributed by atoms with Gasteiger partial charge in [0.05, 0.1) is 12.1 Å². The molecule has 2 aliphatic rings. The van der Waals surface area contributed by atoms with Gasteiger partial charge in [-0.2, -0.15) is 0 Å². The van der Waals surface area contributed by atoms with E-state index in [1.54, 1.807) is 7.11 Å². The molecular weight excluding hydrogens is 322 g/mol. The third-order valence-corrected chi connectivity index (χ3v) is 6.59. The average Bonchev–Trinajstić information content (AvgIpc) is 2.58. The molecule has 144 valence electrons. The molecule has 0 bridgehead atoms. The Bertz CT molecular complexity index is 503. The molecule has 0 spiro atoms. The van der Waals surface area contributed by atoms with E-state index in [2.05, 4.69) is 26.1 Å². The number of carbonyl (C=O) groups excluding carboxylic acids is 1. The smallest absolute Gasteiger partial charge is 0.317 e. The molecule has 7 nitrogen and oxygen atoms in total. The number of likely N-dealkylation sites (tertiary alicyclic amines) is 1. The number of ether oxygens (including phenoxy) is 1. The minimum absolute atomic E-state index is 0.0176. The van der Waals surface area contributed by atoms with Crippen molar-refractivity contribution in [2.24, 2.45) is 5.41 Å². The fourth-order valence-electron chi connectivity index (χ4n) is 4.07. The SMILES string of the molecule is CCN(CC(=O)O)C1CCN(C(=O)NC2CC(C)(OC)C2(C)C)CC1. The molecule has 25 heavy (non-hydrogen) atoms. The first kappa shape index (κ1) is 20.0. The number of aliphatic carboxylic acids is 1. The standard InChI is InChI=1S/C18H33N3O4/c1-6-20(12-15(22)23)13-7-9-21(10-8-13)16(24)19-14-11-18(4,25-5)17(14,2)3/h13-14H,6-12H2,1-5H3,(H,19,24)(H,22,23). The van der Waals surface area contributed by atoms with Crippen LogP contribution >= 0.6 is 0 Å². The number of hydrogen-bond acceptors (Lipinski definition) is 4. The van der Waals surface area contributed by atoms with Gasteiger partial charge in [-0.3, -0.25) is 9.69 Å². The summed E-state index contributed by atoms with van der Waals surface area (Å²) in [5.74, 6) is -0.796. The highest BCUT2D eigenvalue weighted by Gasteiger charge is 2.58. The van der Waals surface area contributed by atoms with Crippen molar-refractivity contribution in [1.82, 2.24) is 15.1 Å². The summed E-state index contributed by atoms with van der Waals surface area (Å²) < 4.78 is 5.61. The molecule has 1 saturated carbocycles. The van der Waals surface area contributed by atoms with Crippen molar-refractivity contribution in [2.45, 2.75) is 64.6 Å². The first-order valence-corrected chi connectivity index (χ1v) is 9.21. The van der Waals surface area contributed by atoms with Crippen LogP contribution in [0.3, 0.4) is 0 Å². The minimum Gasteiger partial charge on any atom is -0.480 e. The third-order valence-electron chi connectivity index (χ3n) is 6.59. The predicted molar refractivity (Wildman–Crippen MR) is 95.6 cm³/mol. The van der Waals surface area contributed by atoms with Gasteiger partial charge in [0.2, 0.25) is 0 Å². The van der Waals surface area contributed by atoms with E-state index in [4.69, 9.17) is 9.84 Å². The van der Waals surface area contributed by atoms with E-state index >= 15 is 0 Å². The van der Waals surface area contributed by atoms with Crippen molar-refractivity contribution in [1.29, 1.82) is 0 Å². The summed E-state index contributed by atoms with van der Waals surface area (Å²) >= 11 is 0. The van der Waals surface area contributed by atoms with Crippen molar-refractivity contribution in [3.8, 4) is 0 Å². The Balaban J connectivity index is 1.83. The van der Waals surface area contributed by atoms with Gasteiger partial charge in [0.1, 0.15) is 0 Å². The Kier molecular flexibility index (Phi) is 5.99. The predicted octanol–water partition coefficient (Wildman–Crippen LogP) is 1.77. The van der Waals surface area contributed by atoms with E-state index in [9.17, 15) is 9.59 Å². The molecule has 0 aromatic carbocycles. The fourth-order valence-corrected chi connectivity index (χ4v) is 4.07. The Labute approximate surface area is 150 Å². The Morgan fingerprint density at radius 2 is 1.88 bits per heavy atom. The molecule has 2 atom stereocenters. The molecule has 1 aliphatic heterocycles. The zero-order valence-electron chi connectivity index (χ0n) is 16.2. The number of urea groups is 1. The lowest BCUT2D eigenvalue weighted by Gasteiger charge is -2.59. The summed E-state index contributed by atoms with van der Waals surface area (Å²) in [5, 5.41) is 12.2. The normalized spacial score (nSPS) is 29.4. The van der Waals surface area contributed by atoms with Crippen molar-refractivity contribution in [3.63, 3.8) is 0 Å². The number of carboxylic acids is 1. The number of carboxylic acid groups (broad SMARTS) is 1. The molecule has 0 radical (unpaired) electrons. The van der Waals surface area contributed by atoms with Crippen molar-refractivity contribution in [2.75, 3.05) is 33.3 Å². The molecule has 2 unspecified atom stereocenters. The zero-order valence-corrected chi connectivity index (χ0v) is 16.2. The zero-order chi connectivity index (χ0) is 18.8. The molecule has 1 aliphatic carbocycles. The van der Waals surface area contributed by atoms with Gasteiger partial charge >= 0.3 is 12.0 Å². The summed E-state index contributed by atoms with van der Waals surface area (Å²) in [4.78, 5) is 27.4. The Morgan fingerprint density at radius 1 is 1.28 bits per heavy atom. The van der Waals surface area contributed by atoms with Crippen LogP contribution < -0.4 is 5.32 Å². The molecule has 1 saturated heterocycles. The number of carbonyl (C=O) groups is 2. The van der Waals surface area contributed by atoms with E-state index < -0.39 is 5.97 Å². The lowest BCUT2D eigenvalue weighted by atomic mass is 9.56. The number of hydrogen-bond donors (Lipinski definition) is 2. The lowest BCUT2D eigenvalue weighted by molar-refractivity contribution is -0.177. The quantitative estimate of drug-likeness (QED) is 0.759. The van der Waals surface area contributed by atoms with Crippen LogP contribution in [0.25, 0.3) is 0 Å². The van der Waals surface area contributed by atoms with E-state index in [0.29, 0.717) is 13.1 Å². The van der Waals surface area contributed by atoms with Crippen molar-refractivity contribution >= 4 is 12.0 Å². The highest BCUT2D eigenvalue weighted by Crippen LogP contribution is 2.51. The number of piperidine rings is 1. The molecule has 2 amide bonds. The average molecular weight is 355 g/mol. The molecule has 7 heteroatoms. The molecule has 2 fully saturated rings. The monoisotopic (exact) mass is 355 g/mol. The second-order valence-electron chi connectivity index (χ2n) is 8.04. The molecule has 2 N–H and O–H groups in total. The Morgan fingerprint density at radius 3 is 2.32 bits per heavy atom. The van der Waals surface area contributed by atoms with Gasteiger partial charge in [-0.05, 0) is 32.7 Å². The number of nitrogens with zero attached hydrogens (tertiary/aromatic N) is 2. The van der Waals surface area contributed by atoms with E-state index in [-0.39, 0.29) is 35.7 Å². The maximum atomic E-state index is 12.6. The van der Waals surface area contributed by atoms with Crippen LogP contribution in [0.5, 0.6) is 0 Å². The summed E-state index contributed by atoms with van der Waals surface area (Å²) in [6.45, 7) is 10.4. The summed E-state index contributed by atoms with van der Waals surface area (Å²) in [7, 11) is 1.72. The van der Waals surface area contributed by atoms with Gasteiger partial charge in [0.25, 0.3) is 0 Å². The third kappa shape index (κ3) is 3.92. The number of methoxy groups -OCH3 is 1. The number of amides is 2. The first-order valence-electron chi connectivity index (χ1n) is 9.21. The first-order chi connectivity index (χ1) is 11.6.